The van der Waals surface area contributed by atoms with Crippen molar-refractivity contribution in [1.29, 1.82) is 0 Å². The number of methoxy groups -OCH3 is 1. The summed E-state index contributed by atoms with van der Waals surface area (Å²) in [5, 5.41) is 8.38. The monoisotopic (exact) mass is 230 g/mol. The first-order valence-corrected chi connectivity index (χ1v) is 5.11. The van der Waals surface area contributed by atoms with Crippen LogP contribution in [0.4, 0.5) is 0 Å². The number of ether oxygens (including phenoxy) is 1. The highest BCUT2D eigenvalue weighted by atomic mass is 16.5. The number of hydrogen-bond acceptors (Lipinski definition) is 2. The topological polar surface area (TPSA) is 46.5 Å². The molecule has 0 aliphatic rings. The maximum absolute atomic E-state index is 10.2. The fourth-order valence-corrected chi connectivity index (χ4v) is 1.14. The Labute approximate surface area is 100 Å². The highest BCUT2D eigenvalue weighted by molar-refractivity contribution is 5.87. The fraction of sp³-hybridized carbons (Fsp3) is 0.0714. The molecule has 0 spiro atoms. The van der Waals surface area contributed by atoms with Gasteiger partial charge in [-0.25, -0.2) is 4.79 Å². The predicted molar refractivity (Wildman–Crippen MR) is 66.4 cm³/mol. The van der Waals surface area contributed by atoms with Gasteiger partial charge in [-0.3, -0.25) is 0 Å². The Kier molecular flexibility index (Phi) is 5.31. The molecule has 0 aromatic heterocycles. The number of carboxylic acids is 1. The van der Waals surface area contributed by atoms with E-state index in [1.807, 2.05) is 30.3 Å². The molecular formula is C14H14O3. The van der Waals surface area contributed by atoms with Gasteiger partial charge in [-0.15, -0.1) is 0 Å². The van der Waals surface area contributed by atoms with Crippen molar-refractivity contribution < 1.29 is 14.6 Å². The van der Waals surface area contributed by atoms with E-state index in [-0.39, 0.29) is 0 Å². The lowest BCUT2D eigenvalue weighted by molar-refractivity contribution is 0.0697. The van der Waals surface area contributed by atoms with E-state index in [2.05, 4.69) is 0 Å². The van der Waals surface area contributed by atoms with Crippen LogP contribution in [0.25, 0.3) is 0 Å². The lowest BCUT2D eigenvalue weighted by atomic mass is 10.2. The van der Waals surface area contributed by atoms with Crippen molar-refractivity contribution in [2.24, 2.45) is 0 Å². The van der Waals surface area contributed by atoms with Gasteiger partial charge >= 0.3 is 5.97 Å². The largest absolute Gasteiger partial charge is 0.497 e. The molecule has 17 heavy (non-hydrogen) atoms. The van der Waals surface area contributed by atoms with Crippen LogP contribution in [-0.2, 0) is 0 Å². The van der Waals surface area contributed by atoms with Crippen LogP contribution in [0.15, 0.2) is 60.7 Å². The SMILES string of the molecule is COc1ccccc1.O=C(O)c1ccccc1. The summed E-state index contributed by atoms with van der Waals surface area (Å²) < 4.78 is 4.91. The van der Waals surface area contributed by atoms with Crippen molar-refractivity contribution >= 4 is 5.97 Å². The van der Waals surface area contributed by atoms with Crippen molar-refractivity contribution in [3.63, 3.8) is 0 Å². The lowest BCUT2D eigenvalue weighted by Crippen LogP contribution is -1.93. The van der Waals surface area contributed by atoms with Gasteiger partial charge in [-0.05, 0) is 24.3 Å². The summed E-state index contributed by atoms with van der Waals surface area (Å²) in [6, 6.07) is 18.0. The number of rotatable bonds is 2. The molecule has 0 radical (unpaired) electrons. The third-order valence-corrected chi connectivity index (χ3v) is 2.00. The molecule has 0 heterocycles. The second-order valence-corrected chi connectivity index (χ2v) is 3.19. The Bertz CT molecular complexity index is 438. The Hall–Kier alpha value is -2.29. The summed E-state index contributed by atoms with van der Waals surface area (Å²) >= 11 is 0. The number of aromatic carboxylic acids is 1. The molecule has 0 aliphatic heterocycles. The minimum absolute atomic E-state index is 0.331. The first-order valence-electron chi connectivity index (χ1n) is 5.11. The molecule has 0 saturated carbocycles. The number of benzene rings is 2. The molecular weight excluding hydrogens is 216 g/mol. The van der Waals surface area contributed by atoms with Crippen LogP contribution in [0.1, 0.15) is 10.4 Å². The van der Waals surface area contributed by atoms with Crippen molar-refractivity contribution in [3.8, 4) is 5.75 Å². The third kappa shape index (κ3) is 4.84. The van der Waals surface area contributed by atoms with Crippen LogP contribution in [0.3, 0.4) is 0 Å². The molecule has 2 rings (SSSR count). The first kappa shape index (κ1) is 12.8. The number of carboxylic acid groups (broad SMARTS) is 1. The summed E-state index contributed by atoms with van der Waals surface area (Å²) in [4.78, 5) is 10.2. The Morgan fingerprint density at radius 2 is 1.41 bits per heavy atom. The van der Waals surface area contributed by atoms with E-state index >= 15 is 0 Å². The van der Waals surface area contributed by atoms with Gasteiger partial charge in [0.25, 0.3) is 0 Å². The second-order valence-electron chi connectivity index (χ2n) is 3.19. The van der Waals surface area contributed by atoms with Gasteiger partial charge in [0.15, 0.2) is 0 Å². The number of hydrogen-bond donors (Lipinski definition) is 1. The molecule has 88 valence electrons. The smallest absolute Gasteiger partial charge is 0.335 e. The Morgan fingerprint density at radius 3 is 1.71 bits per heavy atom. The van der Waals surface area contributed by atoms with E-state index in [9.17, 15) is 4.79 Å². The van der Waals surface area contributed by atoms with Crippen LogP contribution in [0.5, 0.6) is 5.75 Å². The summed E-state index contributed by atoms with van der Waals surface area (Å²) in [7, 11) is 1.66. The van der Waals surface area contributed by atoms with Crippen LogP contribution >= 0.6 is 0 Å². The number of para-hydroxylation sites is 1. The second kappa shape index (κ2) is 7.06. The van der Waals surface area contributed by atoms with E-state index in [0.29, 0.717) is 5.56 Å². The third-order valence-electron chi connectivity index (χ3n) is 2.00. The normalized spacial score (nSPS) is 8.76. The fourth-order valence-electron chi connectivity index (χ4n) is 1.14. The zero-order valence-corrected chi connectivity index (χ0v) is 9.54. The lowest BCUT2D eigenvalue weighted by Gasteiger charge is -1.93. The maximum Gasteiger partial charge on any atom is 0.335 e. The average molecular weight is 230 g/mol. The van der Waals surface area contributed by atoms with E-state index in [0.717, 1.165) is 5.75 Å². The highest BCUT2D eigenvalue weighted by Gasteiger charge is 1.96. The van der Waals surface area contributed by atoms with Gasteiger partial charge in [0.05, 0.1) is 12.7 Å². The zero-order valence-electron chi connectivity index (χ0n) is 9.54. The quantitative estimate of drug-likeness (QED) is 0.862. The molecule has 2 aromatic rings. The maximum atomic E-state index is 10.2. The van der Waals surface area contributed by atoms with E-state index in [1.54, 1.807) is 37.4 Å². The van der Waals surface area contributed by atoms with Crippen LogP contribution < -0.4 is 4.74 Å². The van der Waals surface area contributed by atoms with Gasteiger partial charge in [0.2, 0.25) is 0 Å². The summed E-state index contributed by atoms with van der Waals surface area (Å²) in [5.74, 6) is 0.0306. The molecule has 0 atom stereocenters. The molecule has 0 aliphatic carbocycles. The molecule has 0 unspecified atom stereocenters. The highest BCUT2D eigenvalue weighted by Crippen LogP contribution is 2.05. The molecule has 2 aromatic carbocycles. The van der Waals surface area contributed by atoms with Crippen LogP contribution in [0, 0.1) is 0 Å². The van der Waals surface area contributed by atoms with E-state index in [1.165, 1.54) is 0 Å². The molecule has 3 heteroatoms. The zero-order chi connectivity index (χ0) is 12.5. The van der Waals surface area contributed by atoms with Gasteiger partial charge in [-0.2, -0.15) is 0 Å². The van der Waals surface area contributed by atoms with Gasteiger partial charge in [-0.1, -0.05) is 36.4 Å². The molecule has 1 N–H and O–H groups in total. The standard InChI is InChI=1S/C7H6O2.C7H8O/c8-7(9)6-4-2-1-3-5-6;1-8-7-5-3-2-4-6-7/h1-5H,(H,8,9);2-6H,1H3. The molecule has 0 amide bonds. The summed E-state index contributed by atoms with van der Waals surface area (Å²) in [5.41, 5.74) is 0.331. The predicted octanol–water partition coefficient (Wildman–Crippen LogP) is 3.08. The van der Waals surface area contributed by atoms with Crippen molar-refractivity contribution in [1.82, 2.24) is 0 Å². The summed E-state index contributed by atoms with van der Waals surface area (Å²) in [6.07, 6.45) is 0. The van der Waals surface area contributed by atoms with Crippen LogP contribution in [0.2, 0.25) is 0 Å². The van der Waals surface area contributed by atoms with Gasteiger partial charge < -0.3 is 9.84 Å². The molecule has 0 saturated heterocycles. The minimum atomic E-state index is -0.879. The number of carbonyl (C=O) groups is 1. The first-order chi connectivity index (χ1) is 8.24. The minimum Gasteiger partial charge on any atom is -0.497 e. The van der Waals surface area contributed by atoms with Gasteiger partial charge in [0.1, 0.15) is 5.75 Å². The Balaban J connectivity index is 0.000000171. The summed E-state index contributed by atoms with van der Waals surface area (Å²) in [6.45, 7) is 0. The molecule has 3 nitrogen and oxygen atoms in total. The van der Waals surface area contributed by atoms with Crippen LogP contribution in [-0.4, -0.2) is 18.2 Å². The van der Waals surface area contributed by atoms with Crippen molar-refractivity contribution in [3.05, 3.63) is 66.2 Å². The van der Waals surface area contributed by atoms with Crippen molar-refractivity contribution in [2.75, 3.05) is 7.11 Å². The van der Waals surface area contributed by atoms with Gasteiger partial charge in [0, 0.05) is 0 Å². The van der Waals surface area contributed by atoms with Crippen molar-refractivity contribution in [2.45, 2.75) is 0 Å². The van der Waals surface area contributed by atoms with E-state index < -0.39 is 5.97 Å². The molecule has 0 bridgehead atoms. The Morgan fingerprint density at radius 1 is 0.941 bits per heavy atom. The van der Waals surface area contributed by atoms with E-state index in [4.69, 9.17) is 9.84 Å². The molecule has 0 fully saturated rings. The average Bonchev–Trinajstić information content (AvgIpc) is 2.41.